The summed E-state index contributed by atoms with van der Waals surface area (Å²) in [6, 6.07) is 8.41. The number of alkyl halides is 3. The van der Waals surface area contributed by atoms with E-state index < -0.39 is 17.8 Å². The van der Waals surface area contributed by atoms with Crippen LogP contribution in [0.25, 0.3) is 11.1 Å². The van der Waals surface area contributed by atoms with Crippen molar-refractivity contribution in [2.75, 3.05) is 27.3 Å². The lowest BCUT2D eigenvalue weighted by Gasteiger charge is -2.22. The molecule has 2 aromatic carbocycles. The largest absolute Gasteiger partial charge is 0.486 e. The van der Waals surface area contributed by atoms with Crippen molar-refractivity contribution < 1.29 is 32.2 Å². The van der Waals surface area contributed by atoms with Crippen LogP contribution in [0.3, 0.4) is 0 Å². The Morgan fingerprint density at radius 2 is 1.76 bits per heavy atom. The summed E-state index contributed by atoms with van der Waals surface area (Å²) in [7, 11) is 3.14. The molecule has 0 N–H and O–H groups in total. The average molecular weight is 409 g/mol. The summed E-state index contributed by atoms with van der Waals surface area (Å²) in [6.45, 7) is 2.53. The first-order valence-electron chi connectivity index (χ1n) is 9.19. The maximum absolute atomic E-state index is 13.5. The van der Waals surface area contributed by atoms with Crippen LogP contribution in [0.2, 0.25) is 0 Å². The average Bonchev–Trinajstić information content (AvgIpc) is 2.70. The minimum Gasteiger partial charge on any atom is -0.486 e. The van der Waals surface area contributed by atoms with Gasteiger partial charge in [0.25, 0.3) is 5.91 Å². The fraction of sp³-hybridized carbons (Fsp3) is 0.381. The summed E-state index contributed by atoms with van der Waals surface area (Å²) >= 11 is 0. The molecular formula is C21H22F3NO4. The van der Waals surface area contributed by atoms with Crippen LogP contribution in [0.1, 0.15) is 18.9 Å². The zero-order valence-corrected chi connectivity index (χ0v) is 16.4. The number of benzene rings is 2. The van der Waals surface area contributed by atoms with Gasteiger partial charge in [0.05, 0.1) is 5.56 Å². The number of nitrogens with zero attached hydrogens (tertiary/aromatic N) is 1. The van der Waals surface area contributed by atoms with Gasteiger partial charge < -0.3 is 19.1 Å². The van der Waals surface area contributed by atoms with Gasteiger partial charge in [0.15, 0.2) is 17.6 Å². The molecule has 0 saturated heterocycles. The molecule has 3 rings (SSSR count). The number of likely N-dealkylation sites (N-methyl/N-ethyl adjacent to an activating group) is 1. The Hall–Kier alpha value is -2.90. The molecule has 1 atom stereocenters. The normalized spacial score (nSPS) is 14.3. The highest BCUT2D eigenvalue weighted by molar-refractivity contribution is 5.80. The van der Waals surface area contributed by atoms with Crippen LogP contribution in [-0.4, -0.2) is 44.2 Å². The zero-order chi connectivity index (χ0) is 21.2. The highest BCUT2D eigenvalue weighted by Gasteiger charge is 2.32. The van der Waals surface area contributed by atoms with E-state index in [0.29, 0.717) is 42.3 Å². The molecule has 2 aromatic rings. The molecule has 29 heavy (non-hydrogen) atoms. The first-order chi connectivity index (χ1) is 13.7. The molecule has 0 spiro atoms. The van der Waals surface area contributed by atoms with Crippen molar-refractivity contribution in [2.45, 2.75) is 25.6 Å². The van der Waals surface area contributed by atoms with Gasteiger partial charge in [-0.3, -0.25) is 4.79 Å². The number of rotatable bonds is 5. The van der Waals surface area contributed by atoms with Gasteiger partial charge in [0.1, 0.15) is 19.0 Å². The van der Waals surface area contributed by atoms with Crippen LogP contribution in [-0.2, 0) is 11.0 Å². The molecule has 1 heterocycles. The zero-order valence-electron chi connectivity index (χ0n) is 16.4. The number of halogens is 3. The van der Waals surface area contributed by atoms with Crippen LogP contribution in [0.15, 0.2) is 36.4 Å². The molecule has 1 aliphatic heterocycles. The van der Waals surface area contributed by atoms with Gasteiger partial charge in [-0.1, -0.05) is 13.0 Å². The fourth-order valence-corrected chi connectivity index (χ4v) is 2.98. The van der Waals surface area contributed by atoms with Gasteiger partial charge >= 0.3 is 6.18 Å². The third kappa shape index (κ3) is 4.75. The van der Waals surface area contributed by atoms with Crippen molar-refractivity contribution in [3.63, 3.8) is 0 Å². The summed E-state index contributed by atoms with van der Waals surface area (Å²) in [5.41, 5.74) is -0.0248. The highest BCUT2D eigenvalue weighted by atomic mass is 19.4. The quantitative estimate of drug-likeness (QED) is 0.735. The predicted molar refractivity (Wildman–Crippen MR) is 101 cm³/mol. The second-order valence-corrected chi connectivity index (χ2v) is 6.85. The highest BCUT2D eigenvalue weighted by Crippen LogP contribution is 2.39. The van der Waals surface area contributed by atoms with Crippen LogP contribution >= 0.6 is 0 Å². The molecule has 0 bridgehead atoms. The van der Waals surface area contributed by atoms with Crippen molar-refractivity contribution in [3.8, 4) is 28.4 Å². The minimum atomic E-state index is -4.56. The van der Waals surface area contributed by atoms with Gasteiger partial charge in [0.2, 0.25) is 0 Å². The molecular weight excluding hydrogens is 387 g/mol. The number of fused-ring (bicyclic) bond motifs is 1. The van der Waals surface area contributed by atoms with Gasteiger partial charge in [-0.05, 0) is 47.9 Å². The van der Waals surface area contributed by atoms with E-state index in [-0.39, 0.29) is 11.7 Å². The summed E-state index contributed by atoms with van der Waals surface area (Å²) in [4.78, 5) is 13.6. The van der Waals surface area contributed by atoms with Crippen LogP contribution in [0.5, 0.6) is 17.2 Å². The van der Waals surface area contributed by atoms with Crippen LogP contribution in [0.4, 0.5) is 13.2 Å². The van der Waals surface area contributed by atoms with Gasteiger partial charge in [-0.2, -0.15) is 13.2 Å². The Morgan fingerprint density at radius 1 is 1.07 bits per heavy atom. The van der Waals surface area contributed by atoms with E-state index in [9.17, 15) is 18.0 Å². The third-order valence-corrected chi connectivity index (χ3v) is 4.47. The van der Waals surface area contributed by atoms with Crippen molar-refractivity contribution in [1.82, 2.24) is 4.90 Å². The molecule has 0 fully saturated rings. The number of carbonyl (C=O) groups excluding carboxylic acids is 1. The van der Waals surface area contributed by atoms with Crippen LogP contribution in [0, 0.1) is 0 Å². The molecule has 1 aliphatic rings. The second kappa shape index (κ2) is 8.23. The van der Waals surface area contributed by atoms with E-state index in [1.807, 2.05) is 0 Å². The number of amides is 1. The maximum atomic E-state index is 13.5. The molecule has 5 nitrogen and oxygen atoms in total. The molecule has 0 aliphatic carbocycles. The lowest BCUT2D eigenvalue weighted by atomic mass is 10.0. The molecule has 1 amide bonds. The Kier molecular flexibility index (Phi) is 5.91. The Bertz CT molecular complexity index is 896. The van der Waals surface area contributed by atoms with Crippen LogP contribution < -0.4 is 14.2 Å². The summed E-state index contributed by atoms with van der Waals surface area (Å²) in [5.74, 6) is 0.687. The summed E-state index contributed by atoms with van der Waals surface area (Å²) in [6.07, 6.45) is -5.11. The van der Waals surface area contributed by atoms with Gasteiger partial charge in [-0.25, -0.2) is 0 Å². The minimum absolute atomic E-state index is 0.0215. The Balaban J connectivity index is 2.01. The van der Waals surface area contributed by atoms with Gasteiger partial charge in [-0.15, -0.1) is 0 Å². The Labute approximate surface area is 167 Å². The van der Waals surface area contributed by atoms with E-state index in [1.54, 1.807) is 39.2 Å². The fourth-order valence-electron chi connectivity index (χ4n) is 2.98. The van der Waals surface area contributed by atoms with E-state index in [2.05, 4.69) is 0 Å². The molecule has 8 heteroatoms. The standard InChI is InChI=1S/C21H22F3NO4/c1-4-17(20(26)25(2)3)29-16-10-14(9-15(12-16)21(22,23)24)13-5-6-18-19(11-13)28-8-7-27-18/h5-6,9-12,17H,4,7-8H2,1-3H3. The number of hydrogen-bond donors (Lipinski definition) is 0. The summed E-state index contributed by atoms with van der Waals surface area (Å²) < 4.78 is 57.0. The van der Waals surface area contributed by atoms with E-state index in [4.69, 9.17) is 14.2 Å². The molecule has 156 valence electrons. The summed E-state index contributed by atoms with van der Waals surface area (Å²) in [5, 5.41) is 0. The van der Waals surface area contributed by atoms with E-state index in [0.717, 1.165) is 12.1 Å². The molecule has 0 radical (unpaired) electrons. The van der Waals surface area contributed by atoms with Gasteiger partial charge in [0, 0.05) is 14.1 Å². The van der Waals surface area contributed by atoms with Crippen molar-refractivity contribution in [2.24, 2.45) is 0 Å². The smallest absolute Gasteiger partial charge is 0.416 e. The topological polar surface area (TPSA) is 48.0 Å². The first kappa shape index (κ1) is 20.8. The number of hydrogen-bond acceptors (Lipinski definition) is 4. The molecule has 0 saturated carbocycles. The van der Waals surface area contributed by atoms with E-state index in [1.165, 1.54) is 11.0 Å². The molecule has 1 unspecified atom stereocenters. The van der Waals surface area contributed by atoms with Crippen molar-refractivity contribution >= 4 is 5.91 Å². The Morgan fingerprint density at radius 3 is 2.38 bits per heavy atom. The monoisotopic (exact) mass is 409 g/mol. The number of ether oxygens (including phenoxy) is 3. The number of carbonyl (C=O) groups is 1. The van der Waals surface area contributed by atoms with E-state index >= 15 is 0 Å². The lowest BCUT2D eigenvalue weighted by molar-refractivity contribution is -0.137. The first-order valence-corrected chi connectivity index (χ1v) is 9.19. The SMILES string of the molecule is CCC(Oc1cc(-c2ccc3c(c2)OCCO3)cc(C(F)(F)F)c1)C(=O)N(C)C. The lowest BCUT2D eigenvalue weighted by Crippen LogP contribution is -2.37. The maximum Gasteiger partial charge on any atom is 0.416 e. The van der Waals surface area contributed by atoms with Crippen molar-refractivity contribution in [1.29, 1.82) is 0 Å². The predicted octanol–water partition coefficient (Wildman–Crippen LogP) is 4.39. The second-order valence-electron chi connectivity index (χ2n) is 6.85. The third-order valence-electron chi connectivity index (χ3n) is 4.47. The molecule has 0 aromatic heterocycles. The van der Waals surface area contributed by atoms with Crippen molar-refractivity contribution in [3.05, 3.63) is 42.0 Å².